The topological polar surface area (TPSA) is 81.2 Å². The molecule has 0 saturated heterocycles. The quantitative estimate of drug-likeness (QED) is 0.826. The Hall–Kier alpha value is -1.80. The van der Waals surface area contributed by atoms with E-state index in [4.69, 9.17) is 0 Å². The second-order valence-electron chi connectivity index (χ2n) is 4.27. The minimum atomic E-state index is -0.223. The number of thiazole rings is 2. The van der Waals surface area contributed by atoms with E-state index in [1.165, 1.54) is 29.8 Å². The Bertz CT molecular complexity index is 636. The first-order chi connectivity index (χ1) is 10.1. The minimum Gasteiger partial charge on any atom is -0.469 e. The van der Waals surface area contributed by atoms with Crippen molar-refractivity contribution >= 4 is 39.7 Å². The molecule has 0 aromatic carbocycles. The van der Waals surface area contributed by atoms with Gasteiger partial charge in [0.25, 0.3) is 5.91 Å². The highest BCUT2D eigenvalue weighted by Crippen LogP contribution is 2.19. The summed E-state index contributed by atoms with van der Waals surface area (Å²) >= 11 is 2.71. The molecule has 1 amide bonds. The Kier molecular flexibility index (Phi) is 5.40. The molecule has 0 fully saturated rings. The van der Waals surface area contributed by atoms with Gasteiger partial charge in [-0.15, -0.1) is 22.7 Å². The molecular weight excluding hydrogens is 310 g/mol. The molecule has 112 valence electrons. The number of nitrogens with zero attached hydrogens (tertiary/aromatic N) is 2. The Morgan fingerprint density at radius 2 is 2.24 bits per heavy atom. The number of anilines is 1. The van der Waals surface area contributed by atoms with E-state index >= 15 is 0 Å². The molecule has 0 aliphatic rings. The average Bonchev–Trinajstić information content (AvgIpc) is 3.08. The van der Waals surface area contributed by atoms with Crippen molar-refractivity contribution in [1.82, 2.24) is 9.97 Å². The van der Waals surface area contributed by atoms with Crippen LogP contribution in [-0.4, -0.2) is 29.0 Å². The molecule has 21 heavy (non-hydrogen) atoms. The zero-order chi connectivity index (χ0) is 15.2. The lowest BCUT2D eigenvalue weighted by atomic mass is 10.2. The van der Waals surface area contributed by atoms with Crippen LogP contribution in [0.5, 0.6) is 0 Å². The number of carbonyl (C=O) groups excluding carboxylic acids is 2. The molecule has 1 N–H and O–H groups in total. The molecule has 2 aromatic rings. The molecule has 0 aliphatic heterocycles. The lowest BCUT2D eigenvalue weighted by Gasteiger charge is -1.98. The molecular formula is C13H15N3O3S2. The number of amides is 1. The number of aromatic nitrogens is 2. The number of esters is 1. The first kappa shape index (κ1) is 15.6. The number of nitrogens with one attached hydrogen (secondary N) is 1. The molecule has 0 saturated carbocycles. The van der Waals surface area contributed by atoms with Gasteiger partial charge in [-0.1, -0.05) is 0 Å². The van der Waals surface area contributed by atoms with Gasteiger partial charge in [0, 0.05) is 11.8 Å². The van der Waals surface area contributed by atoms with E-state index in [-0.39, 0.29) is 11.9 Å². The van der Waals surface area contributed by atoms with Crippen LogP contribution in [0.1, 0.15) is 33.2 Å². The van der Waals surface area contributed by atoms with Gasteiger partial charge >= 0.3 is 5.97 Å². The summed E-state index contributed by atoms with van der Waals surface area (Å²) in [7, 11) is 1.37. The maximum Gasteiger partial charge on any atom is 0.305 e. The Morgan fingerprint density at radius 3 is 2.90 bits per heavy atom. The van der Waals surface area contributed by atoms with Crippen LogP contribution in [0.4, 0.5) is 5.13 Å². The molecule has 8 heteroatoms. The summed E-state index contributed by atoms with van der Waals surface area (Å²) < 4.78 is 4.58. The van der Waals surface area contributed by atoms with Crippen molar-refractivity contribution in [2.24, 2.45) is 0 Å². The predicted molar refractivity (Wildman–Crippen MR) is 81.9 cm³/mol. The average molecular weight is 325 g/mol. The Morgan fingerprint density at radius 1 is 1.43 bits per heavy atom. The fraction of sp³-hybridized carbons (Fsp3) is 0.385. The third kappa shape index (κ3) is 4.61. The lowest BCUT2D eigenvalue weighted by molar-refractivity contribution is -0.140. The molecule has 0 spiro atoms. The van der Waals surface area contributed by atoms with E-state index in [1.54, 1.807) is 6.20 Å². The number of methoxy groups -OCH3 is 1. The minimum absolute atomic E-state index is 0.198. The van der Waals surface area contributed by atoms with E-state index in [0.717, 1.165) is 10.7 Å². The lowest BCUT2D eigenvalue weighted by Crippen LogP contribution is -2.10. The maximum atomic E-state index is 11.9. The van der Waals surface area contributed by atoms with Crippen molar-refractivity contribution in [2.75, 3.05) is 12.4 Å². The van der Waals surface area contributed by atoms with Gasteiger partial charge in [-0.05, 0) is 19.8 Å². The van der Waals surface area contributed by atoms with Crippen LogP contribution in [0.25, 0.3) is 0 Å². The molecule has 0 bridgehead atoms. The molecule has 2 aromatic heterocycles. The van der Waals surface area contributed by atoms with Gasteiger partial charge in [-0.25, -0.2) is 9.97 Å². The van der Waals surface area contributed by atoms with Gasteiger partial charge in [0.05, 0.1) is 24.0 Å². The molecule has 0 unspecified atom stereocenters. The summed E-state index contributed by atoms with van der Waals surface area (Å²) in [6.07, 6.45) is 3.29. The number of hydrogen-bond donors (Lipinski definition) is 1. The van der Waals surface area contributed by atoms with Crippen LogP contribution in [-0.2, 0) is 16.0 Å². The van der Waals surface area contributed by atoms with Crippen LogP contribution in [0, 0.1) is 6.92 Å². The molecule has 6 nitrogen and oxygen atoms in total. The van der Waals surface area contributed by atoms with Crippen molar-refractivity contribution in [3.8, 4) is 0 Å². The number of ether oxygens (including phenoxy) is 1. The summed E-state index contributed by atoms with van der Waals surface area (Å²) in [5.41, 5.74) is 0.861. The third-order valence-electron chi connectivity index (χ3n) is 2.66. The normalized spacial score (nSPS) is 10.4. The van der Waals surface area contributed by atoms with Crippen molar-refractivity contribution in [3.63, 3.8) is 0 Å². The number of rotatable bonds is 6. The Labute approximate surface area is 130 Å². The highest BCUT2D eigenvalue weighted by Gasteiger charge is 2.11. The standard InChI is InChI=1S/C13H15N3O3S2/c1-8-14-6-10(21-8)12(18)16-13-15-9(7-20-13)4-3-5-11(17)19-2/h6-7H,3-5H2,1-2H3,(H,15,16,18). The fourth-order valence-corrected chi connectivity index (χ4v) is 3.03. The van der Waals surface area contributed by atoms with Crippen molar-refractivity contribution in [1.29, 1.82) is 0 Å². The monoisotopic (exact) mass is 325 g/mol. The van der Waals surface area contributed by atoms with Gasteiger partial charge in [-0.3, -0.25) is 14.9 Å². The summed E-state index contributed by atoms with van der Waals surface area (Å²) in [4.78, 5) is 31.9. The summed E-state index contributed by atoms with van der Waals surface area (Å²) in [5, 5.41) is 6.03. The summed E-state index contributed by atoms with van der Waals surface area (Å²) in [6.45, 7) is 1.85. The van der Waals surface area contributed by atoms with E-state index in [0.29, 0.717) is 29.3 Å². The smallest absolute Gasteiger partial charge is 0.305 e. The molecule has 0 radical (unpaired) electrons. The number of carbonyl (C=O) groups is 2. The first-order valence-corrected chi connectivity index (χ1v) is 8.03. The first-order valence-electron chi connectivity index (χ1n) is 6.33. The molecule has 2 rings (SSSR count). The van der Waals surface area contributed by atoms with Crippen molar-refractivity contribution < 1.29 is 14.3 Å². The number of aryl methyl sites for hydroxylation is 2. The van der Waals surface area contributed by atoms with Crippen LogP contribution in [0.15, 0.2) is 11.6 Å². The molecule has 0 aliphatic carbocycles. The van der Waals surface area contributed by atoms with Crippen molar-refractivity contribution in [3.05, 3.63) is 27.2 Å². The van der Waals surface area contributed by atoms with E-state index in [9.17, 15) is 9.59 Å². The van der Waals surface area contributed by atoms with Gasteiger partial charge in [-0.2, -0.15) is 0 Å². The van der Waals surface area contributed by atoms with Crippen LogP contribution >= 0.6 is 22.7 Å². The molecule has 0 atom stereocenters. The largest absolute Gasteiger partial charge is 0.469 e. The van der Waals surface area contributed by atoms with Crippen molar-refractivity contribution in [2.45, 2.75) is 26.2 Å². The summed E-state index contributed by atoms with van der Waals surface area (Å²) in [6, 6.07) is 0. The SMILES string of the molecule is COC(=O)CCCc1csc(NC(=O)c2cnc(C)s2)n1. The zero-order valence-electron chi connectivity index (χ0n) is 11.7. The Balaban J connectivity index is 1.85. The van der Waals surface area contributed by atoms with Crippen LogP contribution in [0.2, 0.25) is 0 Å². The predicted octanol–water partition coefficient (Wildman–Crippen LogP) is 2.66. The van der Waals surface area contributed by atoms with E-state index < -0.39 is 0 Å². The highest BCUT2D eigenvalue weighted by atomic mass is 32.1. The summed E-state index contributed by atoms with van der Waals surface area (Å²) in [5.74, 6) is -0.421. The van der Waals surface area contributed by atoms with Crippen LogP contribution < -0.4 is 5.32 Å². The van der Waals surface area contributed by atoms with Gasteiger partial charge in [0.1, 0.15) is 4.88 Å². The van der Waals surface area contributed by atoms with Gasteiger partial charge in [0.15, 0.2) is 5.13 Å². The van der Waals surface area contributed by atoms with Gasteiger partial charge < -0.3 is 4.74 Å². The maximum absolute atomic E-state index is 11.9. The highest BCUT2D eigenvalue weighted by molar-refractivity contribution is 7.15. The number of hydrogen-bond acceptors (Lipinski definition) is 7. The van der Waals surface area contributed by atoms with Gasteiger partial charge in [0.2, 0.25) is 0 Å². The second-order valence-corrected chi connectivity index (χ2v) is 6.36. The second kappa shape index (κ2) is 7.28. The van der Waals surface area contributed by atoms with E-state index in [1.807, 2.05) is 12.3 Å². The third-order valence-corrected chi connectivity index (χ3v) is 4.38. The zero-order valence-corrected chi connectivity index (χ0v) is 13.3. The van der Waals surface area contributed by atoms with E-state index in [2.05, 4.69) is 20.0 Å². The van der Waals surface area contributed by atoms with Crippen LogP contribution in [0.3, 0.4) is 0 Å². The molecule has 2 heterocycles. The fourth-order valence-electron chi connectivity index (χ4n) is 1.62.